The van der Waals surface area contributed by atoms with Crippen LogP contribution in [0.4, 0.5) is 0 Å². The predicted octanol–water partition coefficient (Wildman–Crippen LogP) is 1.81. The van der Waals surface area contributed by atoms with Gasteiger partial charge in [0.25, 0.3) is 0 Å². The van der Waals surface area contributed by atoms with Crippen molar-refractivity contribution in [3.05, 3.63) is 60.7 Å². The highest BCUT2D eigenvalue weighted by atomic mass is 16.4. The summed E-state index contributed by atoms with van der Waals surface area (Å²) in [6, 6.07) is 21.3. The van der Waals surface area contributed by atoms with Crippen molar-refractivity contribution in [2.24, 2.45) is 0 Å². The normalized spacial score (nSPS) is 10.8. The lowest BCUT2D eigenvalue weighted by atomic mass is 9.55. The fraction of sp³-hybridized carbons (Fsp3) is 0.294. The van der Waals surface area contributed by atoms with Gasteiger partial charge in [-0.2, -0.15) is 0 Å². The van der Waals surface area contributed by atoms with Crippen molar-refractivity contribution >= 4 is 17.8 Å². The Labute approximate surface area is 122 Å². The second kappa shape index (κ2) is 7.88. The first-order valence-electron chi connectivity index (χ1n) is 7.22. The summed E-state index contributed by atoms with van der Waals surface area (Å²) < 4.78 is 6.10. The first-order chi connectivity index (χ1) is 9.77. The lowest BCUT2D eigenvalue weighted by molar-refractivity contribution is 0.322. The van der Waals surface area contributed by atoms with Crippen LogP contribution in [0.3, 0.4) is 0 Å². The van der Waals surface area contributed by atoms with Crippen LogP contribution >= 0.6 is 0 Å². The van der Waals surface area contributed by atoms with Gasteiger partial charge in [0.05, 0.1) is 0 Å². The third-order valence-electron chi connectivity index (χ3n) is 3.14. The van der Waals surface area contributed by atoms with Crippen LogP contribution in [0.25, 0.3) is 0 Å². The summed E-state index contributed by atoms with van der Waals surface area (Å²) >= 11 is 0. The van der Waals surface area contributed by atoms with Crippen LogP contribution < -0.4 is 16.2 Å². The van der Waals surface area contributed by atoms with Gasteiger partial charge in [-0.25, -0.2) is 0 Å². The maximum Gasteiger partial charge on any atom is 0.361 e. The number of hydrogen-bond donors (Lipinski definition) is 1. The Hall–Kier alpha value is -1.58. The van der Waals surface area contributed by atoms with E-state index in [9.17, 15) is 0 Å². The molecule has 0 saturated heterocycles. The predicted molar refractivity (Wildman–Crippen MR) is 87.0 cm³/mol. The lowest BCUT2D eigenvalue weighted by Crippen LogP contribution is -2.46. The molecule has 2 aromatic carbocycles. The van der Waals surface area contributed by atoms with Crippen LogP contribution in [0.1, 0.15) is 13.8 Å². The van der Waals surface area contributed by atoms with Crippen LogP contribution in [-0.2, 0) is 4.65 Å². The zero-order valence-electron chi connectivity index (χ0n) is 12.3. The maximum absolute atomic E-state index is 6.10. The van der Waals surface area contributed by atoms with Gasteiger partial charge in [-0.1, -0.05) is 74.5 Å². The largest absolute Gasteiger partial charge is 0.426 e. The van der Waals surface area contributed by atoms with E-state index in [1.807, 2.05) is 12.1 Å². The van der Waals surface area contributed by atoms with Gasteiger partial charge < -0.3 is 9.97 Å². The van der Waals surface area contributed by atoms with Gasteiger partial charge in [-0.15, -0.1) is 0 Å². The van der Waals surface area contributed by atoms with Crippen LogP contribution in [0, 0.1) is 0 Å². The summed E-state index contributed by atoms with van der Waals surface area (Å²) in [6.45, 7) is 5.87. The summed E-state index contributed by atoms with van der Waals surface area (Å²) in [6.07, 6.45) is 0. The van der Waals surface area contributed by atoms with E-state index >= 15 is 0 Å². The van der Waals surface area contributed by atoms with E-state index in [0.717, 1.165) is 6.54 Å². The smallest absolute Gasteiger partial charge is 0.361 e. The van der Waals surface area contributed by atoms with E-state index in [-0.39, 0.29) is 6.92 Å². The molecule has 2 rings (SSSR count). The SMILES string of the molecule is CC(C)NCCOB(c1ccccc1)c1ccccc1. The van der Waals surface area contributed by atoms with Gasteiger partial charge in [0.2, 0.25) is 0 Å². The summed E-state index contributed by atoms with van der Waals surface area (Å²) in [4.78, 5) is 0. The average molecular weight is 267 g/mol. The number of rotatable bonds is 7. The summed E-state index contributed by atoms with van der Waals surface area (Å²) in [5.74, 6) is 0. The summed E-state index contributed by atoms with van der Waals surface area (Å²) in [5.41, 5.74) is 2.39. The molecule has 3 heteroatoms. The molecule has 0 amide bonds. The number of nitrogens with one attached hydrogen (secondary N) is 1. The van der Waals surface area contributed by atoms with Crippen molar-refractivity contribution in [2.75, 3.05) is 13.2 Å². The minimum Gasteiger partial charge on any atom is -0.426 e. The van der Waals surface area contributed by atoms with Gasteiger partial charge in [0.15, 0.2) is 0 Å². The molecule has 0 fully saturated rings. The Morgan fingerprint density at radius 3 is 1.85 bits per heavy atom. The molecule has 1 N–H and O–H groups in total. The topological polar surface area (TPSA) is 21.3 Å². The van der Waals surface area contributed by atoms with Gasteiger partial charge in [0.1, 0.15) is 0 Å². The van der Waals surface area contributed by atoms with Crippen molar-refractivity contribution in [3.63, 3.8) is 0 Å². The Morgan fingerprint density at radius 1 is 0.900 bits per heavy atom. The molecule has 0 heterocycles. The number of hydrogen-bond acceptors (Lipinski definition) is 2. The van der Waals surface area contributed by atoms with Gasteiger partial charge in [-0.3, -0.25) is 0 Å². The molecular formula is C17H22BNO. The van der Waals surface area contributed by atoms with Crippen LogP contribution in [0.2, 0.25) is 0 Å². The number of benzene rings is 2. The molecular weight excluding hydrogens is 245 g/mol. The lowest BCUT2D eigenvalue weighted by Gasteiger charge is -2.16. The summed E-state index contributed by atoms with van der Waals surface area (Å²) in [7, 11) is 0. The molecule has 0 unspecified atom stereocenters. The second-order valence-electron chi connectivity index (χ2n) is 5.18. The van der Waals surface area contributed by atoms with E-state index < -0.39 is 0 Å². The van der Waals surface area contributed by atoms with Gasteiger partial charge in [0, 0.05) is 19.2 Å². The fourth-order valence-corrected chi connectivity index (χ4v) is 2.16. The molecule has 20 heavy (non-hydrogen) atoms. The highest BCUT2D eigenvalue weighted by Gasteiger charge is 2.20. The highest BCUT2D eigenvalue weighted by Crippen LogP contribution is 1.94. The van der Waals surface area contributed by atoms with Crippen molar-refractivity contribution < 1.29 is 4.65 Å². The van der Waals surface area contributed by atoms with E-state index in [1.165, 1.54) is 10.9 Å². The molecule has 0 spiro atoms. The fourth-order valence-electron chi connectivity index (χ4n) is 2.16. The third kappa shape index (κ3) is 4.51. The molecule has 0 bridgehead atoms. The van der Waals surface area contributed by atoms with Crippen molar-refractivity contribution in [1.29, 1.82) is 0 Å². The summed E-state index contributed by atoms with van der Waals surface area (Å²) in [5, 5.41) is 3.38. The van der Waals surface area contributed by atoms with Crippen molar-refractivity contribution in [3.8, 4) is 0 Å². The monoisotopic (exact) mass is 267 g/mol. The Kier molecular flexibility index (Phi) is 5.84. The van der Waals surface area contributed by atoms with Crippen LogP contribution in [0.5, 0.6) is 0 Å². The van der Waals surface area contributed by atoms with Crippen molar-refractivity contribution in [2.45, 2.75) is 19.9 Å². The molecule has 2 aromatic rings. The molecule has 0 aliphatic carbocycles. The van der Waals surface area contributed by atoms with Crippen molar-refractivity contribution in [1.82, 2.24) is 5.32 Å². The molecule has 104 valence electrons. The quantitative estimate of drug-likeness (QED) is 0.610. The van der Waals surface area contributed by atoms with E-state index in [4.69, 9.17) is 4.65 Å². The Morgan fingerprint density at radius 2 is 1.40 bits per heavy atom. The molecule has 2 nitrogen and oxygen atoms in total. The van der Waals surface area contributed by atoms with E-state index in [0.29, 0.717) is 12.6 Å². The zero-order chi connectivity index (χ0) is 14.2. The molecule has 0 aliphatic rings. The van der Waals surface area contributed by atoms with Gasteiger partial charge >= 0.3 is 6.92 Å². The Bertz CT molecular complexity index is 447. The zero-order valence-corrected chi connectivity index (χ0v) is 12.3. The first-order valence-corrected chi connectivity index (χ1v) is 7.22. The average Bonchev–Trinajstić information content (AvgIpc) is 2.49. The van der Waals surface area contributed by atoms with Crippen LogP contribution in [0.15, 0.2) is 60.7 Å². The standard InChI is InChI=1S/C17H22BNO/c1-15(2)19-13-14-20-18(16-9-5-3-6-10-16)17-11-7-4-8-12-17/h3-12,15,19H,13-14H2,1-2H3. The first kappa shape index (κ1) is 14.8. The second-order valence-corrected chi connectivity index (χ2v) is 5.18. The van der Waals surface area contributed by atoms with Gasteiger partial charge in [-0.05, 0) is 10.9 Å². The van der Waals surface area contributed by atoms with Crippen LogP contribution in [-0.4, -0.2) is 26.1 Å². The molecule has 0 atom stereocenters. The molecule has 0 radical (unpaired) electrons. The van der Waals surface area contributed by atoms with E-state index in [2.05, 4.69) is 67.7 Å². The van der Waals surface area contributed by atoms with E-state index in [1.54, 1.807) is 0 Å². The minimum atomic E-state index is 0.00589. The Balaban J connectivity index is 2.06. The molecule has 0 aliphatic heterocycles. The maximum atomic E-state index is 6.10. The third-order valence-corrected chi connectivity index (χ3v) is 3.14. The highest BCUT2D eigenvalue weighted by molar-refractivity contribution is 6.80. The minimum absolute atomic E-state index is 0.00589. The molecule has 0 saturated carbocycles. The molecule has 0 aromatic heterocycles.